The summed E-state index contributed by atoms with van der Waals surface area (Å²) in [5, 5.41) is 3.11. The smallest absolute Gasteiger partial charge is 0.341 e. The molecule has 0 fully saturated rings. The van der Waals surface area contributed by atoms with Gasteiger partial charge in [-0.05, 0) is 30.5 Å². The van der Waals surface area contributed by atoms with Gasteiger partial charge in [0.1, 0.15) is 11.4 Å². The number of methoxy groups -OCH3 is 1. The fraction of sp³-hybridized carbons (Fsp3) is 0.333. The summed E-state index contributed by atoms with van der Waals surface area (Å²) in [6.45, 7) is 6.12. The summed E-state index contributed by atoms with van der Waals surface area (Å²) in [6.07, 6.45) is 0. The van der Waals surface area contributed by atoms with Crippen molar-refractivity contribution in [2.24, 2.45) is 0 Å². The van der Waals surface area contributed by atoms with Crippen molar-refractivity contribution in [1.29, 1.82) is 0 Å². The van der Waals surface area contributed by atoms with Crippen LogP contribution in [0.25, 0.3) is 0 Å². The molecule has 2 rings (SSSR count). The molecule has 0 spiro atoms. The molecule has 1 aromatic carbocycles. The zero-order valence-corrected chi connectivity index (χ0v) is 14.2. The van der Waals surface area contributed by atoms with E-state index >= 15 is 0 Å². The number of benzene rings is 1. The molecular formula is C18H21FN2O3. The van der Waals surface area contributed by atoms with Crippen LogP contribution in [0.5, 0.6) is 5.88 Å². The first-order valence-corrected chi connectivity index (χ1v) is 7.75. The number of nitrogens with zero attached hydrogens (tertiary/aromatic N) is 1. The van der Waals surface area contributed by atoms with Crippen LogP contribution in [0.4, 0.5) is 15.9 Å². The summed E-state index contributed by atoms with van der Waals surface area (Å²) < 4.78 is 23.9. The van der Waals surface area contributed by atoms with Crippen molar-refractivity contribution in [1.82, 2.24) is 4.98 Å². The first kappa shape index (κ1) is 17.7. The Morgan fingerprint density at radius 2 is 2.04 bits per heavy atom. The molecule has 1 aromatic heterocycles. The van der Waals surface area contributed by atoms with Crippen LogP contribution in [-0.4, -0.2) is 24.7 Å². The van der Waals surface area contributed by atoms with E-state index in [1.807, 2.05) is 24.3 Å². The van der Waals surface area contributed by atoms with Gasteiger partial charge in [-0.15, -0.1) is 0 Å². The lowest BCUT2D eigenvalue weighted by Crippen LogP contribution is -2.11. The molecule has 0 aliphatic rings. The van der Waals surface area contributed by atoms with Gasteiger partial charge in [0, 0.05) is 5.69 Å². The average molecular weight is 332 g/mol. The molecule has 24 heavy (non-hydrogen) atoms. The van der Waals surface area contributed by atoms with Crippen molar-refractivity contribution < 1.29 is 18.7 Å². The second kappa shape index (κ2) is 7.77. The van der Waals surface area contributed by atoms with Crippen molar-refractivity contribution in [3.63, 3.8) is 0 Å². The van der Waals surface area contributed by atoms with Crippen LogP contribution in [0.3, 0.4) is 0 Å². The van der Waals surface area contributed by atoms with Gasteiger partial charge in [0.15, 0.2) is 5.82 Å². The maximum absolute atomic E-state index is 14.0. The number of rotatable bonds is 6. The summed E-state index contributed by atoms with van der Waals surface area (Å²) >= 11 is 0. The average Bonchev–Trinajstić information content (AvgIpc) is 2.57. The molecule has 0 amide bonds. The molecule has 0 radical (unpaired) electrons. The Morgan fingerprint density at radius 1 is 1.33 bits per heavy atom. The molecule has 0 saturated heterocycles. The highest BCUT2D eigenvalue weighted by Crippen LogP contribution is 2.30. The Hall–Kier alpha value is -2.63. The predicted octanol–water partition coefficient (Wildman–Crippen LogP) is 4.27. The third kappa shape index (κ3) is 3.82. The number of hydrogen-bond donors (Lipinski definition) is 1. The number of para-hydroxylation sites is 1. The number of aromatic nitrogens is 1. The topological polar surface area (TPSA) is 60.5 Å². The minimum absolute atomic E-state index is 0.0111. The lowest BCUT2D eigenvalue weighted by molar-refractivity contribution is 0.0601. The molecule has 5 nitrogen and oxygen atoms in total. The number of nitrogens with one attached hydrogen (secondary N) is 1. The Labute approximate surface area is 140 Å². The first-order valence-electron chi connectivity index (χ1n) is 7.75. The van der Waals surface area contributed by atoms with E-state index in [0.717, 1.165) is 17.3 Å². The van der Waals surface area contributed by atoms with Gasteiger partial charge >= 0.3 is 5.97 Å². The normalized spacial score (nSPS) is 10.6. The van der Waals surface area contributed by atoms with E-state index in [4.69, 9.17) is 9.47 Å². The fourth-order valence-electron chi connectivity index (χ4n) is 2.31. The first-order chi connectivity index (χ1) is 11.5. The van der Waals surface area contributed by atoms with Crippen LogP contribution in [-0.2, 0) is 4.74 Å². The van der Waals surface area contributed by atoms with E-state index in [9.17, 15) is 9.18 Å². The number of hydrogen-bond acceptors (Lipinski definition) is 5. The van der Waals surface area contributed by atoms with Gasteiger partial charge in [-0.3, -0.25) is 0 Å². The molecule has 0 bridgehead atoms. The molecule has 1 heterocycles. The van der Waals surface area contributed by atoms with E-state index in [1.54, 1.807) is 6.92 Å². The minimum atomic E-state index is -0.708. The lowest BCUT2D eigenvalue weighted by Gasteiger charge is -2.16. The lowest BCUT2D eigenvalue weighted by atomic mass is 10.0. The van der Waals surface area contributed by atoms with Gasteiger partial charge in [-0.1, -0.05) is 32.0 Å². The molecule has 6 heteroatoms. The Bertz CT molecular complexity index is 732. The van der Waals surface area contributed by atoms with Gasteiger partial charge < -0.3 is 14.8 Å². The Morgan fingerprint density at radius 3 is 2.67 bits per heavy atom. The van der Waals surface area contributed by atoms with Gasteiger partial charge in [-0.2, -0.15) is 4.98 Å². The number of halogens is 1. The maximum atomic E-state index is 14.0. The zero-order valence-electron chi connectivity index (χ0n) is 14.2. The molecule has 2 aromatic rings. The Balaban J connectivity index is 2.51. The highest BCUT2D eigenvalue weighted by molar-refractivity contribution is 5.95. The molecule has 0 atom stereocenters. The van der Waals surface area contributed by atoms with Crippen molar-refractivity contribution >= 4 is 17.5 Å². The summed E-state index contributed by atoms with van der Waals surface area (Å²) in [6, 6.07) is 8.74. The van der Waals surface area contributed by atoms with E-state index in [2.05, 4.69) is 24.1 Å². The maximum Gasteiger partial charge on any atom is 0.341 e. The second-order valence-corrected chi connectivity index (χ2v) is 5.46. The van der Waals surface area contributed by atoms with Gasteiger partial charge in [0.25, 0.3) is 5.88 Å². The molecule has 0 saturated carbocycles. The van der Waals surface area contributed by atoms with Crippen molar-refractivity contribution in [3.05, 3.63) is 47.3 Å². The van der Waals surface area contributed by atoms with Crippen LogP contribution >= 0.6 is 0 Å². The monoisotopic (exact) mass is 332 g/mol. The van der Waals surface area contributed by atoms with Crippen molar-refractivity contribution in [3.8, 4) is 5.88 Å². The standard InChI is InChI=1S/C18H21FN2O3/c1-5-24-17-14(19)10-13(18(22)23-4)16(21-17)20-15-9-7-6-8-12(15)11(2)3/h6-11H,5H2,1-4H3,(H,20,21). The van der Waals surface area contributed by atoms with Crippen LogP contribution in [0.1, 0.15) is 42.6 Å². The summed E-state index contributed by atoms with van der Waals surface area (Å²) in [5.41, 5.74) is 1.86. The Kier molecular flexibility index (Phi) is 5.73. The molecule has 0 aliphatic carbocycles. The number of anilines is 2. The van der Waals surface area contributed by atoms with Gasteiger partial charge in [-0.25, -0.2) is 9.18 Å². The summed E-state index contributed by atoms with van der Waals surface area (Å²) in [5.74, 6) is -1.08. The highest BCUT2D eigenvalue weighted by atomic mass is 19.1. The zero-order chi connectivity index (χ0) is 17.7. The van der Waals surface area contributed by atoms with E-state index < -0.39 is 11.8 Å². The molecule has 1 N–H and O–H groups in total. The number of pyridine rings is 1. The quantitative estimate of drug-likeness (QED) is 0.800. The molecular weight excluding hydrogens is 311 g/mol. The fourth-order valence-corrected chi connectivity index (χ4v) is 2.31. The van der Waals surface area contributed by atoms with E-state index in [0.29, 0.717) is 0 Å². The molecule has 0 unspecified atom stereocenters. The van der Waals surface area contributed by atoms with Crippen LogP contribution < -0.4 is 10.1 Å². The predicted molar refractivity (Wildman–Crippen MR) is 90.5 cm³/mol. The number of esters is 1. The highest BCUT2D eigenvalue weighted by Gasteiger charge is 2.20. The number of ether oxygens (including phenoxy) is 2. The summed E-state index contributed by atoms with van der Waals surface area (Å²) in [7, 11) is 1.24. The number of carbonyl (C=O) groups is 1. The van der Waals surface area contributed by atoms with Crippen molar-refractivity contribution in [2.75, 3.05) is 19.0 Å². The largest absolute Gasteiger partial charge is 0.476 e. The third-order valence-electron chi connectivity index (χ3n) is 3.47. The third-order valence-corrected chi connectivity index (χ3v) is 3.47. The SMILES string of the molecule is CCOc1nc(Nc2ccccc2C(C)C)c(C(=O)OC)cc1F. The van der Waals surface area contributed by atoms with E-state index in [-0.39, 0.29) is 29.8 Å². The molecule has 0 aliphatic heterocycles. The van der Waals surface area contributed by atoms with Crippen molar-refractivity contribution in [2.45, 2.75) is 26.7 Å². The summed E-state index contributed by atoms with van der Waals surface area (Å²) in [4.78, 5) is 16.1. The van der Waals surface area contributed by atoms with Crippen LogP contribution in [0.15, 0.2) is 30.3 Å². The number of carbonyl (C=O) groups excluding carboxylic acids is 1. The second-order valence-electron chi connectivity index (χ2n) is 5.46. The minimum Gasteiger partial charge on any atom is -0.476 e. The van der Waals surface area contributed by atoms with E-state index in [1.165, 1.54) is 7.11 Å². The van der Waals surface area contributed by atoms with Crippen LogP contribution in [0.2, 0.25) is 0 Å². The molecule has 128 valence electrons. The van der Waals surface area contributed by atoms with Crippen LogP contribution in [0, 0.1) is 5.82 Å². The van der Waals surface area contributed by atoms with Gasteiger partial charge in [0.05, 0.1) is 13.7 Å². The van der Waals surface area contributed by atoms with Gasteiger partial charge in [0.2, 0.25) is 0 Å².